The monoisotopic (exact) mass is 382 g/mol. The maximum atomic E-state index is 4.54. The molecule has 134 valence electrons. The van der Waals surface area contributed by atoms with Crippen LogP contribution in [-0.2, 0) is 0 Å². The Hall–Kier alpha value is -3.71. The summed E-state index contributed by atoms with van der Waals surface area (Å²) in [6, 6.07) is 17.9. The maximum Gasteiger partial charge on any atom is 0.159 e. The number of hydrogen-bond acceptors (Lipinski definition) is 7. The van der Waals surface area contributed by atoms with Crippen LogP contribution >= 0.6 is 11.3 Å². The minimum absolute atomic E-state index is 0.662. The molecule has 0 radical (unpaired) electrons. The number of para-hydroxylation sites is 2. The van der Waals surface area contributed by atoms with Crippen molar-refractivity contribution in [3.05, 3.63) is 78.2 Å². The van der Waals surface area contributed by atoms with Gasteiger partial charge in [-0.2, -0.15) is 5.10 Å². The number of rotatable bonds is 4. The molecule has 0 aliphatic rings. The van der Waals surface area contributed by atoms with Gasteiger partial charge in [-0.25, -0.2) is 15.0 Å². The Balaban J connectivity index is 1.48. The molecule has 5 rings (SSSR count). The Labute approximate surface area is 164 Å². The largest absolute Gasteiger partial charge is 0.261 e. The van der Waals surface area contributed by atoms with Crippen molar-refractivity contribution in [2.75, 3.05) is 5.43 Å². The standard InChI is InChI=1S/C21H14N6S/c1-2-6-14(7-3-1)16-12-28-21-19(16)20(23-13-24-21)27-25-11-15-10-22-17-8-4-5-9-18(17)26-15/h1-13H,(H,23,24,27). The van der Waals surface area contributed by atoms with E-state index in [9.17, 15) is 0 Å². The lowest BCUT2D eigenvalue weighted by atomic mass is 10.1. The number of benzene rings is 2. The number of thiophene rings is 1. The average molecular weight is 382 g/mol. The highest BCUT2D eigenvalue weighted by atomic mass is 32.1. The van der Waals surface area contributed by atoms with Gasteiger partial charge in [-0.15, -0.1) is 11.3 Å². The van der Waals surface area contributed by atoms with Gasteiger partial charge in [-0.05, 0) is 17.7 Å². The van der Waals surface area contributed by atoms with Crippen LogP contribution < -0.4 is 5.43 Å². The molecule has 28 heavy (non-hydrogen) atoms. The summed E-state index contributed by atoms with van der Waals surface area (Å²) in [4.78, 5) is 18.6. The van der Waals surface area contributed by atoms with Crippen LogP contribution in [0.3, 0.4) is 0 Å². The van der Waals surface area contributed by atoms with Crippen molar-refractivity contribution in [2.45, 2.75) is 0 Å². The van der Waals surface area contributed by atoms with Crippen molar-refractivity contribution >= 4 is 44.6 Å². The third-order valence-electron chi connectivity index (χ3n) is 4.29. The average Bonchev–Trinajstić information content (AvgIpc) is 3.19. The van der Waals surface area contributed by atoms with Gasteiger partial charge < -0.3 is 0 Å². The lowest BCUT2D eigenvalue weighted by Gasteiger charge is -2.04. The molecule has 0 amide bonds. The summed E-state index contributed by atoms with van der Waals surface area (Å²) in [7, 11) is 0. The van der Waals surface area contributed by atoms with E-state index in [0.29, 0.717) is 11.5 Å². The van der Waals surface area contributed by atoms with E-state index in [-0.39, 0.29) is 0 Å². The minimum Gasteiger partial charge on any atom is -0.261 e. The van der Waals surface area contributed by atoms with E-state index in [1.165, 1.54) is 0 Å². The lowest BCUT2D eigenvalue weighted by molar-refractivity contribution is 1.19. The highest BCUT2D eigenvalue weighted by molar-refractivity contribution is 7.17. The third kappa shape index (κ3) is 3.08. The van der Waals surface area contributed by atoms with Crippen molar-refractivity contribution in [3.8, 4) is 11.1 Å². The molecule has 3 aromatic heterocycles. The first-order valence-corrected chi connectivity index (χ1v) is 9.55. The number of hydrogen-bond donors (Lipinski definition) is 1. The number of anilines is 1. The van der Waals surface area contributed by atoms with Crippen LogP contribution in [0.1, 0.15) is 5.69 Å². The predicted molar refractivity (Wildman–Crippen MR) is 114 cm³/mol. The second-order valence-corrected chi connectivity index (χ2v) is 6.93. The van der Waals surface area contributed by atoms with Gasteiger partial charge in [0.25, 0.3) is 0 Å². The molecule has 1 N–H and O–H groups in total. The van der Waals surface area contributed by atoms with Crippen molar-refractivity contribution < 1.29 is 0 Å². The number of hydrazone groups is 1. The highest BCUT2D eigenvalue weighted by Gasteiger charge is 2.12. The van der Waals surface area contributed by atoms with Gasteiger partial charge in [0.2, 0.25) is 0 Å². The molecular formula is C21H14N6S. The molecular weight excluding hydrogens is 368 g/mol. The fraction of sp³-hybridized carbons (Fsp3) is 0. The van der Waals surface area contributed by atoms with Gasteiger partial charge in [-0.3, -0.25) is 10.4 Å². The van der Waals surface area contributed by atoms with Crippen molar-refractivity contribution in [2.24, 2.45) is 5.10 Å². The van der Waals surface area contributed by atoms with Gasteiger partial charge in [0, 0.05) is 10.9 Å². The zero-order valence-corrected chi connectivity index (χ0v) is 15.5. The van der Waals surface area contributed by atoms with Crippen LogP contribution in [0.2, 0.25) is 0 Å². The Kier molecular flexibility index (Phi) is 4.19. The summed E-state index contributed by atoms with van der Waals surface area (Å²) in [6.07, 6.45) is 4.88. The van der Waals surface area contributed by atoms with Gasteiger partial charge in [-0.1, -0.05) is 42.5 Å². The molecule has 0 aliphatic carbocycles. The van der Waals surface area contributed by atoms with Crippen LogP contribution in [-0.4, -0.2) is 26.2 Å². The quantitative estimate of drug-likeness (QED) is 0.359. The molecule has 0 bridgehead atoms. The Bertz CT molecular complexity index is 1300. The maximum absolute atomic E-state index is 4.54. The number of nitrogens with zero attached hydrogens (tertiary/aromatic N) is 5. The molecule has 0 fully saturated rings. The first-order valence-electron chi connectivity index (χ1n) is 8.67. The molecule has 0 unspecified atom stereocenters. The zero-order chi connectivity index (χ0) is 18.8. The van der Waals surface area contributed by atoms with Crippen molar-refractivity contribution in [3.63, 3.8) is 0 Å². The second-order valence-electron chi connectivity index (χ2n) is 6.07. The molecule has 0 atom stereocenters. The molecule has 0 saturated heterocycles. The van der Waals surface area contributed by atoms with Crippen molar-refractivity contribution in [1.29, 1.82) is 0 Å². The van der Waals surface area contributed by atoms with E-state index in [1.807, 2.05) is 42.5 Å². The molecule has 7 heteroatoms. The van der Waals surface area contributed by atoms with Crippen molar-refractivity contribution in [1.82, 2.24) is 19.9 Å². The topological polar surface area (TPSA) is 76.0 Å². The normalized spacial score (nSPS) is 11.4. The summed E-state index contributed by atoms with van der Waals surface area (Å²) in [5.74, 6) is 0.662. The minimum atomic E-state index is 0.662. The fourth-order valence-corrected chi connectivity index (χ4v) is 3.90. The summed E-state index contributed by atoms with van der Waals surface area (Å²) in [6.45, 7) is 0. The van der Waals surface area contributed by atoms with E-state index < -0.39 is 0 Å². The van der Waals surface area contributed by atoms with E-state index in [2.05, 4.69) is 48.0 Å². The van der Waals surface area contributed by atoms with E-state index in [4.69, 9.17) is 0 Å². The molecule has 2 aromatic carbocycles. The fourth-order valence-electron chi connectivity index (χ4n) is 2.98. The summed E-state index contributed by atoms with van der Waals surface area (Å²) >= 11 is 1.59. The van der Waals surface area contributed by atoms with Crippen LogP contribution in [0.5, 0.6) is 0 Å². The van der Waals surface area contributed by atoms with Gasteiger partial charge in [0.1, 0.15) is 16.9 Å². The highest BCUT2D eigenvalue weighted by Crippen LogP contribution is 2.36. The van der Waals surface area contributed by atoms with Gasteiger partial charge in [0.05, 0.1) is 28.8 Å². The predicted octanol–water partition coefficient (Wildman–Crippen LogP) is 4.75. The second kappa shape index (κ2) is 7.13. The Morgan fingerprint density at radius 3 is 2.61 bits per heavy atom. The summed E-state index contributed by atoms with van der Waals surface area (Å²) in [5.41, 5.74) is 7.61. The van der Waals surface area contributed by atoms with Crippen LogP contribution in [0.15, 0.2) is 77.6 Å². The smallest absolute Gasteiger partial charge is 0.159 e. The zero-order valence-electron chi connectivity index (χ0n) is 14.6. The molecule has 0 aliphatic heterocycles. The first kappa shape index (κ1) is 16.5. The summed E-state index contributed by atoms with van der Waals surface area (Å²) in [5, 5.41) is 7.37. The molecule has 6 nitrogen and oxygen atoms in total. The van der Waals surface area contributed by atoms with Crippen LogP contribution in [0.4, 0.5) is 5.82 Å². The van der Waals surface area contributed by atoms with Crippen LogP contribution in [0, 0.1) is 0 Å². The summed E-state index contributed by atoms with van der Waals surface area (Å²) < 4.78 is 0. The number of nitrogens with one attached hydrogen (secondary N) is 1. The first-order chi connectivity index (χ1) is 13.9. The molecule has 3 heterocycles. The number of aromatic nitrogens is 4. The van der Waals surface area contributed by atoms with Gasteiger partial charge >= 0.3 is 0 Å². The Morgan fingerprint density at radius 2 is 1.71 bits per heavy atom. The number of fused-ring (bicyclic) bond motifs is 2. The lowest BCUT2D eigenvalue weighted by Crippen LogP contribution is -1.97. The molecule has 5 aromatic rings. The molecule has 0 saturated carbocycles. The van der Waals surface area contributed by atoms with E-state index in [1.54, 1.807) is 30.1 Å². The van der Waals surface area contributed by atoms with E-state index >= 15 is 0 Å². The van der Waals surface area contributed by atoms with Crippen LogP contribution in [0.25, 0.3) is 32.4 Å². The van der Waals surface area contributed by atoms with E-state index in [0.717, 1.165) is 32.4 Å². The molecule has 0 spiro atoms. The van der Waals surface area contributed by atoms with Gasteiger partial charge in [0.15, 0.2) is 5.82 Å². The SMILES string of the molecule is C(=NNc1ncnc2scc(-c3ccccc3)c12)c1cnc2ccccc2n1. The third-order valence-corrected chi connectivity index (χ3v) is 5.18. The Morgan fingerprint density at radius 1 is 0.893 bits per heavy atom.